The van der Waals surface area contributed by atoms with E-state index in [1.165, 1.54) is 55.3 Å². The number of hydrogen-bond acceptors (Lipinski definition) is 9. The van der Waals surface area contributed by atoms with Crippen molar-refractivity contribution in [3.63, 3.8) is 0 Å². The van der Waals surface area contributed by atoms with E-state index in [2.05, 4.69) is 0 Å². The Morgan fingerprint density at radius 2 is 1.79 bits per heavy atom. The van der Waals surface area contributed by atoms with Gasteiger partial charge in [0.15, 0.2) is 15.8 Å². The molecule has 1 heterocycles. The lowest BCUT2D eigenvalue weighted by Crippen LogP contribution is -2.27. The lowest BCUT2D eigenvalue weighted by molar-refractivity contribution is -0.385. The van der Waals surface area contributed by atoms with Gasteiger partial charge in [0, 0.05) is 11.6 Å². The van der Waals surface area contributed by atoms with E-state index < -0.39 is 15.0 Å². The first kappa shape index (κ1) is 27.9. The Hall–Kier alpha value is -3.16. The number of thioether (sulfide) groups is 1. The van der Waals surface area contributed by atoms with E-state index in [1.807, 2.05) is 0 Å². The van der Waals surface area contributed by atoms with Crippen LogP contribution in [0.15, 0.2) is 64.4 Å². The SMILES string of the molecule is COc1cc(/C=C2/SC(=S)N(c3ccc(Cl)c(Cl)c3)C2=O)ccc1OS(=O)(=O)c1ccc(C)c([N+](=O)[O-])c1. The molecule has 4 rings (SSSR count). The monoisotopic (exact) mass is 610 g/mol. The summed E-state index contributed by atoms with van der Waals surface area (Å²) in [4.78, 5) is 24.9. The Bertz CT molecular complexity index is 1640. The molecule has 0 atom stereocenters. The molecular formula is C24H16Cl2N2O7S3. The molecule has 0 N–H and O–H groups in total. The van der Waals surface area contributed by atoms with Crippen LogP contribution in [0, 0.1) is 17.0 Å². The van der Waals surface area contributed by atoms with Crippen molar-refractivity contribution in [2.24, 2.45) is 0 Å². The van der Waals surface area contributed by atoms with Gasteiger partial charge in [-0.2, -0.15) is 8.42 Å². The van der Waals surface area contributed by atoms with Crippen molar-refractivity contribution >= 4 is 85.0 Å². The van der Waals surface area contributed by atoms with Crippen molar-refractivity contribution in [1.82, 2.24) is 0 Å². The van der Waals surface area contributed by atoms with E-state index in [1.54, 1.807) is 18.2 Å². The molecule has 0 unspecified atom stereocenters. The zero-order chi connectivity index (χ0) is 27.8. The lowest BCUT2D eigenvalue weighted by Gasteiger charge is -2.15. The molecule has 1 fully saturated rings. The molecule has 9 nitrogen and oxygen atoms in total. The number of hydrogen-bond donors (Lipinski definition) is 0. The van der Waals surface area contributed by atoms with Gasteiger partial charge in [0.25, 0.3) is 11.6 Å². The van der Waals surface area contributed by atoms with Gasteiger partial charge in [-0.05, 0) is 55.0 Å². The third kappa shape index (κ3) is 5.64. The molecule has 0 aromatic heterocycles. The van der Waals surface area contributed by atoms with Crippen LogP contribution in [-0.2, 0) is 14.9 Å². The summed E-state index contributed by atoms with van der Waals surface area (Å²) in [7, 11) is -3.10. The normalized spacial score (nSPS) is 14.7. The number of nitrogens with zero attached hydrogens (tertiary/aromatic N) is 2. The van der Waals surface area contributed by atoms with E-state index in [0.29, 0.717) is 31.1 Å². The number of nitro groups is 1. The molecule has 3 aromatic carbocycles. The number of amides is 1. The topological polar surface area (TPSA) is 116 Å². The molecule has 0 aliphatic carbocycles. The largest absolute Gasteiger partial charge is 0.493 e. The minimum atomic E-state index is -4.42. The molecule has 196 valence electrons. The van der Waals surface area contributed by atoms with Crippen LogP contribution in [0.1, 0.15) is 11.1 Å². The average Bonchev–Trinajstić information content (AvgIpc) is 3.14. The van der Waals surface area contributed by atoms with Crippen LogP contribution in [0.25, 0.3) is 6.08 Å². The Morgan fingerprint density at radius 3 is 2.45 bits per heavy atom. The van der Waals surface area contributed by atoms with E-state index >= 15 is 0 Å². The lowest BCUT2D eigenvalue weighted by atomic mass is 10.2. The molecule has 14 heteroatoms. The van der Waals surface area contributed by atoms with Gasteiger partial charge in [-0.3, -0.25) is 19.8 Å². The smallest absolute Gasteiger partial charge is 0.339 e. The summed E-state index contributed by atoms with van der Waals surface area (Å²) < 4.78 is 36.4. The van der Waals surface area contributed by atoms with Crippen LogP contribution in [0.4, 0.5) is 11.4 Å². The van der Waals surface area contributed by atoms with Gasteiger partial charge in [-0.1, -0.05) is 59.3 Å². The summed E-state index contributed by atoms with van der Waals surface area (Å²) in [6.07, 6.45) is 1.57. The van der Waals surface area contributed by atoms with Gasteiger partial charge in [0.2, 0.25) is 0 Å². The van der Waals surface area contributed by atoms with E-state index in [4.69, 9.17) is 44.3 Å². The summed E-state index contributed by atoms with van der Waals surface area (Å²) in [5.41, 5.74) is 0.927. The molecule has 0 spiro atoms. The molecule has 38 heavy (non-hydrogen) atoms. The van der Waals surface area contributed by atoms with Crippen molar-refractivity contribution < 1.29 is 27.1 Å². The summed E-state index contributed by atoms with van der Waals surface area (Å²) in [5.74, 6) is -0.457. The molecule has 0 saturated carbocycles. The Balaban J connectivity index is 1.61. The van der Waals surface area contributed by atoms with Gasteiger partial charge in [-0.15, -0.1) is 0 Å². The predicted molar refractivity (Wildman–Crippen MR) is 151 cm³/mol. The molecule has 1 aliphatic heterocycles. The van der Waals surface area contributed by atoms with Gasteiger partial charge in [-0.25, -0.2) is 0 Å². The minimum Gasteiger partial charge on any atom is -0.493 e. The van der Waals surface area contributed by atoms with Crippen molar-refractivity contribution in [3.8, 4) is 11.5 Å². The van der Waals surface area contributed by atoms with E-state index in [0.717, 1.165) is 17.8 Å². The third-order valence-electron chi connectivity index (χ3n) is 5.31. The number of rotatable bonds is 7. The first-order chi connectivity index (χ1) is 17.9. The number of ether oxygens (including phenoxy) is 1. The van der Waals surface area contributed by atoms with Crippen LogP contribution in [-0.4, -0.2) is 30.7 Å². The fourth-order valence-electron chi connectivity index (χ4n) is 3.42. The molecule has 1 aliphatic rings. The van der Waals surface area contributed by atoms with Crippen LogP contribution in [0.5, 0.6) is 11.5 Å². The summed E-state index contributed by atoms with van der Waals surface area (Å²) in [6.45, 7) is 1.50. The highest BCUT2D eigenvalue weighted by atomic mass is 35.5. The number of methoxy groups -OCH3 is 1. The maximum Gasteiger partial charge on any atom is 0.339 e. The maximum absolute atomic E-state index is 13.1. The van der Waals surface area contributed by atoms with Gasteiger partial charge in [0.1, 0.15) is 4.90 Å². The summed E-state index contributed by atoms with van der Waals surface area (Å²) in [6, 6.07) is 12.6. The van der Waals surface area contributed by atoms with Crippen molar-refractivity contribution in [1.29, 1.82) is 0 Å². The van der Waals surface area contributed by atoms with Crippen molar-refractivity contribution in [2.45, 2.75) is 11.8 Å². The summed E-state index contributed by atoms with van der Waals surface area (Å²) in [5, 5.41) is 11.8. The highest BCUT2D eigenvalue weighted by Crippen LogP contribution is 2.39. The second-order valence-electron chi connectivity index (χ2n) is 7.77. The number of thiocarbonyl (C=S) groups is 1. The van der Waals surface area contributed by atoms with Crippen molar-refractivity contribution in [2.75, 3.05) is 12.0 Å². The fourth-order valence-corrected chi connectivity index (χ4v) is 5.97. The van der Waals surface area contributed by atoms with Crippen LogP contribution in [0.2, 0.25) is 10.0 Å². The van der Waals surface area contributed by atoms with Crippen LogP contribution in [0.3, 0.4) is 0 Å². The average molecular weight is 612 g/mol. The van der Waals surface area contributed by atoms with Gasteiger partial charge in [0.05, 0.1) is 32.7 Å². The molecule has 1 saturated heterocycles. The first-order valence-corrected chi connectivity index (χ1v) is 13.9. The van der Waals surface area contributed by atoms with E-state index in [-0.39, 0.29) is 33.0 Å². The number of aryl methyl sites for hydroxylation is 1. The quantitative estimate of drug-likeness (QED) is 0.0985. The second-order valence-corrected chi connectivity index (χ2v) is 11.8. The Morgan fingerprint density at radius 1 is 1.05 bits per heavy atom. The standard InChI is InChI=1S/C24H16Cl2N2O7S3/c1-13-3-6-16(12-19(13)28(30)31)38(32,33)35-20-8-4-14(9-21(20)34-2)10-22-23(29)27(24(36)37-22)15-5-7-17(25)18(26)11-15/h3-12H,1-2H3/b22-10+. The number of carbonyl (C=O) groups excluding carboxylic acids is 1. The second kappa shape index (κ2) is 10.9. The maximum atomic E-state index is 13.1. The predicted octanol–water partition coefficient (Wildman–Crippen LogP) is 6.39. The zero-order valence-electron chi connectivity index (χ0n) is 19.5. The molecule has 0 radical (unpaired) electrons. The highest BCUT2D eigenvalue weighted by molar-refractivity contribution is 8.27. The Labute approximate surface area is 237 Å². The van der Waals surface area contributed by atoms with E-state index in [9.17, 15) is 23.3 Å². The van der Waals surface area contributed by atoms with Gasteiger partial charge < -0.3 is 8.92 Å². The fraction of sp³-hybridized carbons (Fsp3) is 0.0833. The zero-order valence-corrected chi connectivity index (χ0v) is 23.5. The minimum absolute atomic E-state index is 0.0592. The third-order valence-corrected chi connectivity index (χ3v) is 8.58. The molecule has 0 bridgehead atoms. The molecule has 1 amide bonds. The van der Waals surface area contributed by atoms with Crippen molar-refractivity contribution in [3.05, 3.63) is 90.8 Å². The molecular weight excluding hydrogens is 595 g/mol. The first-order valence-electron chi connectivity index (χ1n) is 10.5. The van der Waals surface area contributed by atoms with Crippen LogP contribution >= 0.6 is 47.2 Å². The number of halogens is 2. The number of anilines is 1. The summed E-state index contributed by atoms with van der Waals surface area (Å²) >= 11 is 18.5. The number of benzene rings is 3. The Kier molecular flexibility index (Phi) is 8.00. The molecule has 3 aromatic rings. The number of nitro benzene ring substituents is 1. The van der Waals surface area contributed by atoms with Crippen LogP contribution < -0.4 is 13.8 Å². The van der Waals surface area contributed by atoms with Gasteiger partial charge >= 0.3 is 10.1 Å². The highest BCUT2D eigenvalue weighted by Gasteiger charge is 2.33. The number of carbonyl (C=O) groups is 1.